The van der Waals surface area contributed by atoms with Crippen molar-refractivity contribution in [2.45, 2.75) is 77.3 Å². The molecule has 1 saturated heterocycles. The predicted octanol–water partition coefficient (Wildman–Crippen LogP) is 1.12. The number of rotatable bonds is 10. The van der Waals surface area contributed by atoms with Crippen molar-refractivity contribution >= 4 is 5.97 Å². The zero-order valence-corrected chi connectivity index (χ0v) is 22.1. The van der Waals surface area contributed by atoms with Crippen molar-refractivity contribution in [2.24, 2.45) is 5.92 Å². The number of carbonyl (C=O) groups is 1. The van der Waals surface area contributed by atoms with Gasteiger partial charge in [0.05, 0.1) is 20.3 Å². The Morgan fingerprint density at radius 1 is 1.22 bits per heavy atom. The van der Waals surface area contributed by atoms with Gasteiger partial charge >= 0.3 is 5.97 Å². The number of nitrogens with zero attached hydrogens (tertiary/aromatic N) is 2. The molecular formula is C26H38N2O9. The number of carbonyl (C=O) groups excluding carboxylic acids is 1. The molecule has 5 atom stereocenters. The molecular weight excluding hydrogens is 484 g/mol. The summed E-state index contributed by atoms with van der Waals surface area (Å²) in [7, 11) is 1.59. The van der Waals surface area contributed by atoms with E-state index in [1.807, 2.05) is 58.9 Å². The molecule has 1 aliphatic rings. The molecule has 0 bridgehead atoms. The zero-order chi connectivity index (χ0) is 27.5. The average Bonchev–Trinajstić information content (AvgIpc) is 3.16. The van der Waals surface area contributed by atoms with Crippen molar-refractivity contribution in [1.82, 2.24) is 9.78 Å². The van der Waals surface area contributed by atoms with Crippen LogP contribution in [0.4, 0.5) is 0 Å². The second-order valence-corrected chi connectivity index (χ2v) is 10.1. The maximum absolute atomic E-state index is 12.4. The molecule has 2 heterocycles. The van der Waals surface area contributed by atoms with Crippen LogP contribution in [0.2, 0.25) is 0 Å². The van der Waals surface area contributed by atoms with E-state index in [9.17, 15) is 25.2 Å². The molecule has 0 amide bonds. The van der Waals surface area contributed by atoms with Crippen LogP contribution in [-0.2, 0) is 20.7 Å². The number of hydrogen-bond donors (Lipinski definition) is 4. The van der Waals surface area contributed by atoms with Gasteiger partial charge in [-0.1, -0.05) is 26.0 Å². The Hall–Kier alpha value is -2.70. The molecule has 206 valence electrons. The average molecular weight is 523 g/mol. The summed E-state index contributed by atoms with van der Waals surface area (Å²) in [5.41, 5.74) is 0.0266. The molecule has 11 heteroatoms. The van der Waals surface area contributed by atoms with Crippen LogP contribution < -0.4 is 9.47 Å². The van der Waals surface area contributed by atoms with E-state index in [-0.39, 0.29) is 24.4 Å². The van der Waals surface area contributed by atoms with Crippen molar-refractivity contribution in [1.29, 1.82) is 0 Å². The van der Waals surface area contributed by atoms with E-state index < -0.39 is 42.8 Å². The summed E-state index contributed by atoms with van der Waals surface area (Å²) in [6.45, 7) is 8.76. The number of esters is 1. The van der Waals surface area contributed by atoms with Gasteiger partial charge in [0.25, 0.3) is 0 Å². The summed E-state index contributed by atoms with van der Waals surface area (Å²) in [5, 5.41) is 47.2. The number of methoxy groups -OCH3 is 1. The summed E-state index contributed by atoms with van der Waals surface area (Å²) in [5.74, 6) is -0.254. The van der Waals surface area contributed by atoms with Crippen LogP contribution in [0.3, 0.4) is 0 Å². The highest BCUT2D eigenvalue weighted by Crippen LogP contribution is 2.31. The minimum absolute atomic E-state index is 0.00306. The predicted molar refractivity (Wildman–Crippen MR) is 132 cm³/mol. The molecule has 0 radical (unpaired) electrons. The molecule has 0 aliphatic carbocycles. The molecule has 1 unspecified atom stereocenters. The highest BCUT2D eigenvalue weighted by atomic mass is 16.6. The maximum Gasteiger partial charge on any atom is 0.343 e. The highest BCUT2D eigenvalue weighted by Gasteiger charge is 2.56. The van der Waals surface area contributed by atoms with E-state index in [0.29, 0.717) is 6.42 Å². The van der Waals surface area contributed by atoms with Gasteiger partial charge < -0.3 is 39.4 Å². The van der Waals surface area contributed by atoms with E-state index in [4.69, 9.17) is 18.9 Å². The minimum atomic E-state index is -2.49. The normalized spacial score (nSPS) is 24.8. The van der Waals surface area contributed by atoms with Gasteiger partial charge in [0, 0.05) is 23.7 Å². The van der Waals surface area contributed by atoms with Gasteiger partial charge in [-0.3, -0.25) is 4.68 Å². The van der Waals surface area contributed by atoms with Crippen molar-refractivity contribution in [2.75, 3.05) is 20.3 Å². The SMILES string of the molecule is COc1ccc(Cc2c(OC(O)[C@H]3OC[C@@](O)(C(=O)OCC(C)C)[C@@H](O)[C@@H]3O)nn(C(C)C)c2C)cc1. The molecule has 2 aromatic rings. The second kappa shape index (κ2) is 11.8. The topological polar surface area (TPSA) is 153 Å². The third-order valence-corrected chi connectivity index (χ3v) is 6.33. The lowest BCUT2D eigenvalue weighted by Gasteiger charge is -2.42. The second-order valence-electron chi connectivity index (χ2n) is 10.1. The number of aliphatic hydroxyl groups excluding tert-OH is 3. The molecule has 11 nitrogen and oxygen atoms in total. The maximum atomic E-state index is 12.4. The first-order chi connectivity index (χ1) is 17.4. The number of ether oxygens (including phenoxy) is 4. The monoisotopic (exact) mass is 522 g/mol. The minimum Gasteiger partial charge on any atom is -0.497 e. The van der Waals surface area contributed by atoms with E-state index in [1.165, 1.54) is 0 Å². The van der Waals surface area contributed by atoms with Crippen LogP contribution in [0.25, 0.3) is 0 Å². The van der Waals surface area contributed by atoms with Crippen LogP contribution in [0.5, 0.6) is 11.6 Å². The number of benzene rings is 1. The lowest BCUT2D eigenvalue weighted by atomic mass is 9.87. The Morgan fingerprint density at radius 2 is 1.86 bits per heavy atom. The summed E-state index contributed by atoms with van der Waals surface area (Å²) in [6.07, 6.45) is -6.60. The van der Waals surface area contributed by atoms with Crippen molar-refractivity contribution in [3.63, 3.8) is 0 Å². The summed E-state index contributed by atoms with van der Waals surface area (Å²) < 4.78 is 23.2. The third kappa shape index (κ3) is 6.24. The van der Waals surface area contributed by atoms with Gasteiger partial charge in [-0.25, -0.2) is 4.79 Å². The Labute approximate surface area is 216 Å². The first-order valence-electron chi connectivity index (χ1n) is 12.3. The Kier molecular flexibility index (Phi) is 9.19. The number of hydrogen-bond acceptors (Lipinski definition) is 10. The van der Waals surface area contributed by atoms with Crippen molar-refractivity contribution in [3.8, 4) is 11.6 Å². The molecule has 3 rings (SSSR count). The molecule has 0 spiro atoms. The van der Waals surface area contributed by atoms with Gasteiger partial charge in [0.15, 0.2) is 0 Å². The van der Waals surface area contributed by atoms with Gasteiger partial charge in [0.1, 0.15) is 24.1 Å². The van der Waals surface area contributed by atoms with Crippen LogP contribution in [0.1, 0.15) is 50.6 Å². The van der Waals surface area contributed by atoms with Crippen LogP contribution in [0, 0.1) is 12.8 Å². The van der Waals surface area contributed by atoms with Gasteiger partial charge in [0.2, 0.25) is 17.8 Å². The highest BCUT2D eigenvalue weighted by molar-refractivity contribution is 5.80. The number of aromatic nitrogens is 2. The van der Waals surface area contributed by atoms with Crippen LogP contribution in [-0.4, -0.2) is 86.7 Å². The molecule has 1 aliphatic heterocycles. The zero-order valence-electron chi connectivity index (χ0n) is 22.1. The molecule has 1 aromatic heterocycles. The molecule has 1 aromatic carbocycles. The summed E-state index contributed by atoms with van der Waals surface area (Å²) in [6, 6.07) is 7.51. The van der Waals surface area contributed by atoms with E-state index in [2.05, 4.69) is 5.10 Å². The van der Waals surface area contributed by atoms with Gasteiger partial charge in [-0.15, -0.1) is 5.10 Å². The van der Waals surface area contributed by atoms with E-state index in [1.54, 1.807) is 11.8 Å². The summed E-state index contributed by atoms with van der Waals surface area (Å²) >= 11 is 0. The Morgan fingerprint density at radius 3 is 2.43 bits per heavy atom. The molecule has 0 saturated carbocycles. The van der Waals surface area contributed by atoms with E-state index in [0.717, 1.165) is 22.6 Å². The molecule has 37 heavy (non-hydrogen) atoms. The number of aliphatic hydroxyl groups is 4. The van der Waals surface area contributed by atoms with E-state index >= 15 is 0 Å². The first kappa shape index (κ1) is 28.9. The Bertz CT molecular complexity index is 1050. The fourth-order valence-electron chi connectivity index (χ4n) is 4.12. The smallest absolute Gasteiger partial charge is 0.343 e. The van der Waals surface area contributed by atoms with Gasteiger partial charge in [-0.05, 0) is 44.4 Å². The summed E-state index contributed by atoms with van der Waals surface area (Å²) in [4.78, 5) is 12.4. The quantitative estimate of drug-likeness (QED) is 0.264. The molecule has 4 N–H and O–H groups in total. The van der Waals surface area contributed by atoms with Crippen LogP contribution >= 0.6 is 0 Å². The van der Waals surface area contributed by atoms with Crippen molar-refractivity contribution < 1.29 is 44.2 Å². The third-order valence-electron chi connectivity index (χ3n) is 6.33. The fourth-order valence-corrected chi connectivity index (χ4v) is 4.12. The molecule has 1 fully saturated rings. The standard InChI is InChI=1S/C26H38N2O9/c1-14(2)12-35-25(32)26(33)13-36-21(20(29)22(26)30)24(31)37-23-19(16(5)28(27-23)15(3)4)11-17-7-9-18(34-6)10-8-17/h7-10,14-15,20-22,24,29-31,33H,11-13H2,1-6H3/t20-,21+,22+,24?,26+/m1/s1. The lowest BCUT2D eigenvalue weighted by molar-refractivity contribution is -0.273. The van der Waals surface area contributed by atoms with Crippen molar-refractivity contribution in [3.05, 3.63) is 41.1 Å². The first-order valence-corrected chi connectivity index (χ1v) is 12.3. The van der Waals surface area contributed by atoms with Crippen LogP contribution in [0.15, 0.2) is 24.3 Å². The lowest BCUT2D eigenvalue weighted by Crippen LogP contribution is -2.67. The van der Waals surface area contributed by atoms with Gasteiger partial charge in [-0.2, -0.15) is 0 Å². The Balaban J connectivity index is 1.79. The fraction of sp³-hybridized carbons (Fsp3) is 0.615. The largest absolute Gasteiger partial charge is 0.497 e.